The number of likely N-dealkylation sites (tertiary alicyclic amines) is 1. The Kier molecular flexibility index (Phi) is 5.39. The first kappa shape index (κ1) is 17.9. The smallest absolute Gasteiger partial charge is 0.230 e. The van der Waals surface area contributed by atoms with Crippen molar-refractivity contribution in [2.75, 3.05) is 24.1 Å². The highest BCUT2D eigenvalue weighted by Gasteiger charge is 2.17. The largest absolute Gasteiger partial charge is 0.297 e. The zero-order valence-corrected chi connectivity index (χ0v) is 15.6. The van der Waals surface area contributed by atoms with Crippen molar-refractivity contribution in [2.24, 2.45) is 0 Å². The van der Waals surface area contributed by atoms with Crippen molar-refractivity contribution in [2.45, 2.75) is 32.2 Å². The minimum atomic E-state index is -3.30. The second-order valence-electron chi connectivity index (χ2n) is 6.70. The Morgan fingerprint density at radius 1 is 1.00 bits per heavy atom. The molecule has 1 fully saturated rings. The molecule has 1 unspecified atom stereocenters. The maximum atomic E-state index is 11.2. The molecule has 1 aromatic heterocycles. The van der Waals surface area contributed by atoms with Crippen LogP contribution in [0.3, 0.4) is 0 Å². The minimum Gasteiger partial charge on any atom is -0.297 e. The number of nitrogens with zero attached hydrogens (tertiary/aromatic N) is 2. The van der Waals surface area contributed by atoms with Gasteiger partial charge in [-0.1, -0.05) is 30.7 Å². The van der Waals surface area contributed by atoms with Crippen molar-refractivity contribution >= 4 is 15.8 Å². The van der Waals surface area contributed by atoms with Gasteiger partial charge in [0, 0.05) is 17.8 Å². The van der Waals surface area contributed by atoms with Gasteiger partial charge in [-0.15, -0.1) is 0 Å². The fourth-order valence-corrected chi connectivity index (χ4v) is 3.79. The van der Waals surface area contributed by atoms with Gasteiger partial charge in [0.2, 0.25) is 10.0 Å². The van der Waals surface area contributed by atoms with Gasteiger partial charge >= 0.3 is 0 Å². The van der Waals surface area contributed by atoms with Crippen LogP contribution >= 0.6 is 0 Å². The highest BCUT2D eigenvalue weighted by Crippen LogP contribution is 2.27. The van der Waals surface area contributed by atoms with Crippen LogP contribution in [0.1, 0.15) is 37.8 Å². The summed E-state index contributed by atoms with van der Waals surface area (Å²) in [5.41, 5.74) is 3.37. The molecular formula is C19H25N3O2S. The molecule has 1 N–H and O–H groups in total. The van der Waals surface area contributed by atoms with Gasteiger partial charge in [-0.3, -0.25) is 9.62 Å². The van der Waals surface area contributed by atoms with E-state index in [0.29, 0.717) is 11.9 Å². The predicted molar refractivity (Wildman–Crippen MR) is 102 cm³/mol. The van der Waals surface area contributed by atoms with E-state index in [1.54, 1.807) is 12.3 Å². The van der Waals surface area contributed by atoms with Crippen LogP contribution in [0.25, 0.3) is 11.1 Å². The van der Waals surface area contributed by atoms with Gasteiger partial charge in [-0.25, -0.2) is 13.4 Å². The van der Waals surface area contributed by atoms with E-state index in [1.807, 2.05) is 6.07 Å². The molecule has 1 saturated heterocycles. The van der Waals surface area contributed by atoms with E-state index < -0.39 is 10.0 Å². The third-order valence-electron chi connectivity index (χ3n) is 4.72. The van der Waals surface area contributed by atoms with Crippen molar-refractivity contribution in [1.29, 1.82) is 0 Å². The lowest BCUT2D eigenvalue weighted by Gasteiger charge is -2.32. The Bertz CT molecular complexity index is 796. The average Bonchev–Trinajstić information content (AvgIpc) is 2.61. The second-order valence-corrected chi connectivity index (χ2v) is 8.45. The van der Waals surface area contributed by atoms with E-state index >= 15 is 0 Å². The van der Waals surface area contributed by atoms with Gasteiger partial charge in [0.25, 0.3) is 0 Å². The molecule has 134 valence electrons. The highest BCUT2D eigenvalue weighted by molar-refractivity contribution is 7.92. The molecule has 1 atom stereocenters. The molecule has 5 nitrogen and oxygen atoms in total. The number of hydrogen-bond acceptors (Lipinski definition) is 4. The Balaban J connectivity index is 1.71. The van der Waals surface area contributed by atoms with Gasteiger partial charge < -0.3 is 0 Å². The van der Waals surface area contributed by atoms with E-state index in [9.17, 15) is 8.42 Å². The van der Waals surface area contributed by atoms with Crippen molar-refractivity contribution in [3.8, 4) is 11.1 Å². The van der Waals surface area contributed by atoms with Crippen molar-refractivity contribution in [1.82, 2.24) is 9.88 Å². The van der Waals surface area contributed by atoms with E-state index in [-0.39, 0.29) is 0 Å². The average molecular weight is 359 g/mol. The molecule has 25 heavy (non-hydrogen) atoms. The summed E-state index contributed by atoms with van der Waals surface area (Å²) in [5, 5.41) is 0. The summed E-state index contributed by atoms with van der Waals surface area (Å²) in [6.07, 6.45) is 6.74. The topological polar surface area (TPSA) is 62.3 Å². The molecule has 1 aliphatic heterocycles. The third-order valence-corrected chi connectivity index (χ3v) is 5.30. The first-order chi connectivity index (χ1) is 11.9. The predicted octanol–water partition coefficient (Wildman–Crippen LogP) is 3.67. The van der Waals surface area contributed by atoms with E-state index in [2.05, 4.69) is 45.8 Å². The van der Waals surface area contributed by atoms with Gasteiger partial charge in [-0.2, -0.15) is 0 Å². The van der Waals surface area contributed by atoms with Gasteiger partial charge in [0.05, 0.1) is 6.26 Å². The van der Waals surface area contributed by atoms with Crippen LogP contribution in [0.15, 0.2) is 42.6 Å². The normalized spacial score (nSPS) is 17.2. The number of rotatable bonds is 5. The van der Waals surface area contributed by atoms with Crippen LogP contribution < -0.4 is 4.72 Å². The summed E-state index contributed by atoms with van der Waals surface area (Å²) in [5.74, 6) is 0.335. The number of sulfonamides is 1. The first-order valence-electron chi connectivity index (χ1n) is 8.70. The monoisotopic (exact) mass is 359 g/mol. The summed E-state index contributed by atoms with van der Waals surface area (Å²) < 4.78 is 24.8. The maximum Gasteiger partial charge on any atom is 0.230 e. The number of benzene rings is 1. The molecule has 1 aromatic carbocycles. The lowest BCUT2D eigenvalue weighted by atomic mass is 10.00. The molecule has 0 bridgehead atoms. The molecular weight excluding hydrogens is 334 g/mol. The van der Waals surface area contributed by atoms with Crippen LogP contribution in [0, 0.1) is 0 Å². The van der Waals surface area contributed by atoms with E-state index in [1.165, 1.54) is 37.9 Å². The number of piperidine rings is 1. The van der Waals surface area contributed by atoms with Crippen LogP contribution in [-0.2, 0) is 10.0 Å². The molecule has 6 heteroatoms. The molecule has 1 aliphatic rings. The van der Waals surface area contributed by atoms with Crippen molar-refractivity contribution < 1.29 is 8.42 Å². The Labute approximate surface area is 150 Å². The SMILES string of the molecule is CC(c1ccc(-c2ccc(NS(C)(=O)=O)nc2)cc1)N1CCCCC1. The first-order valence-corrected chi connectivity index (χ1v) is 10.6. The number of aromatic nitrogens is 1. The van der Waals surface area contributed by atoms with Gasteiger partial charge in [-0.05, 0) is 56.1 Å². The van der Waals surface area contributed by atoms with Gasteiger partial charge in [0.15, 0.2) is 0 Å². The molecule has 3 rings (SSSR count). The Morgan fingerprint density at radius 2 is 1.64 bits per heavy atom. The number of anilines is 1. The molecule has 2 heterocycles. The molecule has 0 saturated carbocycles. The van der Waals surface area contributed by atoms with Crippen LogP contribution in [-0.4, -0.2) is 37.6 Å². The van der Waals surface area contributed by atoms with E-state index in [4.69, 9.17) is 0 Å². The van der Waals surface area contributed by atoms with Gasteiger partial charge in [0.1, 0.15) is 5.82 Å². The van der Waals surface area contributed by atoms with Crippen molar-refractivity contribution in [3.63, 3.8) is 0 Å². The Morgan fingerprint density at radius 3 is 2.20 bits per heavy atom. The second kappa shape index (κ2) is 7.54. The number of hydrogen-bond donors (Lipinski definition) is 1. The van der Waals surface area contributed by atoms with E-state index in [0.717, 1.165) is 17.4 Å². The summed E-state index contributed by atoms with van der Waals surface area (Å²) in [6.45, 7) is 4.64. The molecule has 0 aliphatic carbocycles. The third kappa shape index (κ3) is 4.80. The number of pyridine rings is 1. The fourth-order valence-electron chi connectivity index (χ4n) is 3.29. The fraction of sp³-hybridized carbons (Fsp3) is 0.421. The van der Waals surface area contributed by atoms with Crippen LogP contribution in [0.5, 0.6) is 0 Å². The van der Waals surface area contributed by atoms with Crippen LogP contribution in [0.4, 0.5) is 5.82 Å². The zero-order chi connectivity index (χ0) is 17.9. The minimum absolute atomic E-state index is 0.335. The zero-order valence-electron chi connectivity index (χ0n) is 14.8. The quantitative estimate of drug-likeness (QED) is 0.885. The molecule has 0 spiro atoms. The number of nitrogens with one attached hydrogen (secondary N) is 1. The maximum absolute atomic E-state index is 11.2. The molecule has 0 amide bonds. The summed E-state index contributed by atoms with van der Waals surface area (Å²) in [6, 6.07) is 12.6. The summed E-state index contributed by atoms with van der Waals surface area (Å²) in [7, 11) is -3.30. The summed E-state index contributed by atoms with van der Waals surface area (Å²) in [4.78, 5) is 6.72. The van der Waals surface area contributed by atoms with Crippen molar-refractivity contribution in [3.05, 3.63) is 48.2 Å². The lowest BCUT2D eigenvalue weighted by molar-refractivity contribution is 0.175. The molecule has 2 aromatic rings. The highest BCUT2D eigenvalue weighted by atomic mass is 32.2. The standard InChI is InChI=1S/C19H25N3O2S/c1-15(22-12-4-3-5-13-22)16-6-8-17(9-7-16)18-10-11-19(20-14-18)21-25(2,23)24/h6-11,14-15H,3-5,12-13H2,1-2H3,(H,20,21). The Hall–Kier alpha value is -1.92. The summed E-state index contributed by atoms with van der Waals surface area (Å²) >= 11 is 0. The van der Waals surface area contributed by atoms with Crippen LogP contribution in [0.2, 0.25) is 0 Å². The molecule has 0 radical (unpaired) electrons. The lowest BCUT2D eigenvalue weighted by Crippen LogP contribution is -2.32.